The molecule has 0 saturated heterocycles. The second-order valence-electron chi connectivity index (χ2n) is 7.03. The van der Waals surface area contributed by atoms with Gasteiger partial charge in [-0.25, -0.2) is 4.99 Å². The van der Waals surface area contributed by atoms with Gasteiger partial charge < -0.3 is 24.3 Å². The largest absolute Gasteiger partial charge is 0.493 e. The van der Waals surface area contributed by atoms with Gasteiger partial charge in [-0.1, -0.05) is 6.07 Å². The van der Waals surface area contributed by atoms with Crippen molar-refractivity contribution in [2.45, 2.75) is 6.54 Å². The molecule has 0 spiro atoms. The van der Waals surface area contributed by atoms with Crippen molar-refractivity contribution >= 4 is 17.6 Å². The first-order valence-electron chi connectivity index (χ1n) is 10.3. The zero-order valence-electron chi connectivity index (χ0n) is 18.3. The molecule has 9 nitrogen and oxygen atoms in total. The zero-order valence-corrected chi connectivity index (χ0v) is 18.3. The van der Waals surface area contributed by atoms with E-state index in [1.165, 1.54) is 14.2 Å². The number of pyridine rings is 1. The summed E-state index contributed by atoms with van der Waals surface area (Å²) in [6.07, 6.45) is 3.42. The zero-order chi connectivity index (χ0) is 23.0. The Morgan fingerprint density at radius 3 is 2.61 bits per heavy atom. The molecule has 2 N–H and O–H groups in total. The predicted molar refractivity (Wildman–Crippen MR) is 123 cm³/mol. The molecule has 0 unspecified atom stereocenters. The highest BCUT2D eigenvalue weighted by atomic mass is 16.6. The summed E-state index contributed by atoms with van der Waals surface area (Å²) in [7, 11) is 3.06. The van der Waals surface area contributed by atoms with Gasteiger partial charge in [0.25, 0.3) is 5.91 Å². The van der Waals surface area contributed by atoms with Gasteiger partial charge in [0, 0.05) is 29.7 Å². The lowest BCUT2D eigenvalue weighted by molar-refractivity contribution is 0.0976. The molecular formula is C24H24N4O5. The summed E-state index contributed by atoms with van der Waals surface area (Å²) in [5.74, 6) is 2.22. The second-order valence-corrected chi connectivity index (χ2v) is 7.03. The summed E-state index contributed by atoms with van der Waals surface area (Å²) in [6.45, 7) is 1.32. The Bertz CT molecular complexity index is 1150. The molecule has 1 amide bonds. The summed E-state index contributed by atoms with van der Waals surface area (Å²) in [5, 5.41) is 5.99. The Kier molecular flexibility index (Phi) is 6.89. The third-order valence-corrected chi connectivity index (χ3v) is 4.83. The van der Waals surface area contributed by atoms with Crippen LogP contribution in [0.15, 0.2) is 65.9 Å². The highest BCUT2D eigenvalue weighted by Gasteiger charge is 2.15. The standard InChI is InChI=1S/C24H24N4O5/c1-30-19-7-5-17(12-21(19)31-2)23(29)28-24(26-15-16-4-3-9-25-14-16)27-18-6-8-20-22(13-18)33-11-10-32-20/h3-9,12-14H,10-11,15H2,1-2H3,(H2,26,27,28,29). The van der Waals surface area contributed by atoms with Gasteiger partial charge in [0.2, 0.25) is 5.96 Å². The lowest BCUT2D eigenvalue weighted by Crippen LogP contribution is -2.36. The molecule has 0 atom stereocenters. The minimum Gasteiger partial charge on any atom is -0.493 e. The predicted octanol–water partition coefficient (Wildman–Crippen LogP) is 3.27. The third-order valence-electron chi connectivity index (χ3n) is 4.83. The van der Waals surface area contributed by atoms with Crippen LogP contribution in [0.2, 0.25) is 0 Å². The number of methoxy groups -OCH3 is 2. The van der Waals surface area contributed by atoms with Gasteiger partial charge in [0.05, 0.1) is 20.8 Å². The van der Waals surface area contributed by atoms with Crippen LogP contribution in [0, 0.1) is 0 Å². The lowest BCUT2D eigenvalue weighted by atomic mass is 10.2. The normalized spacial score (nSPS) is 12.6. The van der Waals surface area contributed by atoms with Gasteiger partial charge in [0.1, 0.15) is 13.2 Å². The summed E-state index contributed by atoms with van der Waals surface area (Å²) in [4.78, 5) is 21.6. The van der Waals surface area contributed by atoms with Gasteiger partial charge in [0.15, 0.2) is 23.0 Å². The lowest BCUT2D eigenvalue weighted by Gasteiger charge is -2.19. The fourth-order valence-electron chi connectivity index (χ4n) is 3.19. The van der Waals surface area contributed by atoms with E-state index in [-0.39, 0.29) is 11.9 Å². The number of carbonyl (C=O) groups is 1. The van der Waals surface area contributed by atoms with E-state index in [4.69, 9.17) is 18.9 Å². The highest BCUT2D eigenvalue weighted by Crippen LogP contribution is 2.32. The number of benzene rings is 2. The first-order valence-corrected chi connectivity index (χ1v) is 10.3. The van der Waals surface area contributed by atoms with E-state index in [2.05, 4.69) is 20.6 Å². The Hall–Kier alpha value is -4.27. The number of amides is 1. The summed E-state index contributed by atoms with van der Waals surface area (Å²) in [5.41, 5.74) is 1.99. The maximum atomic E-state index is 13.0. The van der Waals surface area contributed by atoms with Crippen LogP contribution >= 0.6 is 0 Å². The van der Waals surface area contributed by atoms with Crippen molar-refractivity contribution < 1.29 is 23.7 Å². The number of aromatic nitrogens is 1. The van der Waals surface area contributed by atoms with E-state index in [1.54, 1.807) is 36.7 Å². The SMILES string of the molecule is COc1ccc(C(=O)NC(=NCc2cccnc2)Nc2ccc3c(c2)OCCO3)cc1OC. The van der Waals surface area contributed by atoms with Crippen LogP contribution in [0.4, 0.5) is 5.69 Å². The van der Waals surface area contributed by atoms with Crippen LogP contribution in [0.3, 0.4) is 0 Å². The number of aliphatic imine (C=N–C) groups is 1. The average Bonchev–Trinajstić information content (AvgIpc) is 2.87. The number of hydrogen-bond acceptors (Lipinski definition) is 7. The van der Waals surface area contributed by atoms with E-state index in [0.717, 1.165) is 5.56 Å². The first kappa shape index (κ1) is 21.9. The quantitative estimate of drug-likeness (QED) is 0.441. The molecule has 2 aromatic carbocycles. The van der Waals surface area contributed by atoms with Gasteiger partial charge in [-0.15, -0.1) is 0 Å². The number of hydrogen-bond donors (Lipinski definition) is 2. The molecule has 170 valence electrons. The van der Waals surface area contributed by atoms with Gasteiger partial charge in [-0.05, 0) is 42.0 Å². The molecule has 3 aromatic rings. The van der Waals surface area contributed by atoms with Crippen molar-refractivity contribution in [3.63, 3.8) is 0 Å². The number of guanidine groups is 1. The number of carbonyl (C=O) groups excluding carboxylic acids is 1. The van der Waals surface area contributed by atoms with Crippen LogP contribution in [0.25, 0.3) is 0 Å². The molecule has 9 heteroatoms. The first-order chi connectivity index (χ1) is 16.2. The van der Waals surface area contributed by atoms with Gasteiger partial charge in [-0.3, -0.25) is 15.1 Å². The molecule has 0 fully saturated rings. The summed E-state index contributed by atoms with van der Waals surface area (Å²) >= 11 is 0. The molecule has 0 radical (unpaired) electrons. The molecule has 1 aliphatic rings. The minimum atomic E-state index is -0.356. The van der Waals surface area contributed by atoms with Crippen molar-refractivity contribution in [1.82, 2.24) is 10.3 Å². The second kappa shape index (κ2) is 10.4. The monoisotopic (exact) mass is 448 g/mol. The molecule has 2 heterocycles. The van der Waals surface area contributed by atoms with Crippen molar-refractivity contribution in [2.24, 2.45) is 4.99 Å². The van der Waals surface area contributed by atoms with Gasteiger partial charge in [-0.2, -0.15) is 0 Å². The Morgan fingerprint density at radius 1 is 1.03 bits per heavy atom. The fourth-order valence-corrected chi connectivity index (χ4v) is 3.19. The minimum absolute atomic E-state index is 0.273. The van der Waals surface area contributed by atoms with E-state index in [1.807, 2.05) is 24.3 Å². The topological polar surface area (TPSA) is 103 Å². The van der Waals surface area contributed by atoms with Crippen molar-refractivity contribution in [1.29, 1.82) is 0 Å². The molecule has 0 saturated carbocycles. The van der Waals surface area contributed by atoms with Crippen LogP contribution in [-0.2, 0) is 6.54 Å². The highest BCUT2D eigenvalue weighted by molar-refractivity contribution is 6.10. The molecule has 33 heavy (non-hydrogen) atoms. The van der Waals surface area contributed by atoms with Crippen molar-refractivity contribution in [3.05, 3.63) is 72.1 Å². The summed E-state index contributed by atoms with van der Waals surface area (Å²) < 4.78 is 21.8. The molecule has 0 bridgehead atoms. The van der Waals surface area contributed by atoms with E-state index < -0.39 is 0 Å². The van der Waals surface area contributed by atoms with E-state index >= 15 is 0 Å². The smallest absolute Gasteiger partial charge is 0.258 e. The maximum absolute atomic E-state index is 13.0. The number of ether oxygens (including phenoxy) is 4. The Labute approximate surface area is 191 Å². The molecule has 4 rings (SSSR count). The molecule has 1 aliphatic heterocycles. The third kappa shape index (κ3) is 5.51. The number of nitrogens with one attached hydrogen (secondary N) is 2. The fraction of sp³-hybridized carbons (Fsp3) is 0.208. The average molecular weight is 448 g/mol. The van der Waals surface area contributed by atoms with Crippen molar-refractivity contribution in [3.8, 4) is 23.0 Å². The molecule has 0 aliphatic carbocycles. The van der Waals surface area contributed by atoms with Gasteiger partial charge >= 0.3 is 0 Å². The number of rotatable bonds is 6. The molecule has 1 aromatic heterocycles. The van der Waals surface area contributed by atoms with E-state index in [0.29, 0.717) is 54.0 Å². The number of fused-ring (bicyclic) bond motifs is 1. The van der Waals surface area contributed by atoms with Crippen LogP contribution in [-0.4, -0.2) is 44.3 Å². The number of nitrogens with zero attached hydrogens (tertiary/aromatic N) is 2. The Morgan fingerprint density at radius 2 is 1.85 bits per heavy atom. The van der Waals surface area contributed by atoms with E-state index in [9.17, 15) is 4.79 Å². The number of anilines is 1. The van der Waals surface area contributed by atoms with Crippen LogP contribution < -0.4 is 29.6 Å². The van der Waals surface area contributed by atoms with Crippen LogP contribution in [0.5, 0.6) is 23.0 Å². The summed E-state index contributed by atoms with van der Waals surface area (Å²) in [6, 6.07) is 14.1. The van der Waals surface area contributed by atoms with Crippen LogP contribution in [0.1, 0.15) is 15.9 Å². The Balaban J connectivity index is 1.56. The van der Waals surface area contributed by atoms with Crippen molar-refractivity contribution in [2.75, 3.05) is 32.8 Å². The maximum Gasteiger partial charge on any atom is 0.258 e. The molecular weight excluding hydrogens is 424 g/mol.